The molecular formula is C13H26ClNO. The molecule has 3 heteroatoms. The third-order valence-electron chi connectivity index (χ3n) is 3.28. The molecule has 2 atom stereocenters. The van der Waals surface area contributed by atoms with Gasteiger partial charge in [0.15, 0.2) is 0 Å². The van der Waals surface area contributed by atoms with Gasteiger partial charge in [-0.3, -0.25) is 0 Å². The quantitative estimate of drug-likeness (QED) is 0.698. The predicted molar refractivity (Wildman–Crippen MR) is 70.2 cm³/mol. The van der Waals surface area contributed by atoms with Crippen molar-refractivity contribution in [3.05, 3.63) is 0 Å². The maximum absolute atomic E-state index is 5.77. The minimum Gasteiger partial charge on any atom is -0.374 e. The fourth-order valence-corrected chi connectivity index (χ4v) is 2.37. The molecule has 1 fully saturated rings. The van der Waals surface area contributed by atoms with Gasteiger partial charge in [-0.2, -0.15) is 0 Å². The van der Waals surface area contributed by atoms with Crippen LogP contribution in [0.3, 0.4) is 0 Å². The van der Waals surface area contributed by atoms with Crippen molar-refractivity contribution in [1.29, 1.82) is 0 Å². The van der Waals surface area contributed by atoms with E-state index in [9.17, 15) is 0 Å². The highest BCUT2D eigenvalue weighted by Gasteiger charge is 2.22. The minimum atomic E-state index is 0.346. The van der Waals surface area contributed by atoms with Crippen LogP contribution in [0.25, 0.3) is 0 Å². The lowest BCUT2D eigenvalue weighted by atomic mass is 9.88. The van der Waals surface area contributed by atoms with Crippen LogP contribution < -0.4 is 5.32 Å². The summed E-state index contributed by atoms with van der Waals surface area (Å²) in [5.41, 5.74) is 0.346. The summed E-state index contributed by atoms with van der Waals surface area (Å²) >= 11 is 5.72. The van der Waals surface area contributed by atoms with Crippen LogP contribution in [0, 0.1) is 5.41 Å². The van der Waals surface area contributed by atoms with Crippen molar-refractivity contribution in [2.75, 3.05) is 19.0 Å². The Morgan fingerprint density at radius 1 is 1.38 bits per heavy atom. The van der Waals surface area contributed by atoms with E-state index in [2.05, 4.69) is 26.1 Å². The second-order valence-corrected chi connectivity index (χ2v) is 6.11. The molecule has 1 N–H and O–H groups in total. The zero-order chi connectivity index (χ0) is 12.0. The van der Waals surface area contributed by atoms with Crippen molar-refractivity contribution in [3.8, 4) is 0 Å². The van der Waals surface area contributed by atoms with Gasteiger partial charge in [0, 0.05) is 19.0 Å². The Hall–Kier alpha value is 0.210. The Bertz CT molecular complexity index is 196. The van der Waals surface area contributed by atoms with E-state index in [1.165, 1.54) is 19.3 Å². The van der Waals surface area contributed by atoms with Crippen LogP contribution in [0.4, 0.5) is 0 Å². The molecule has 0 spiro atoms. The number of ether oxygens (including phenoxy) is 1. The Morgan fingerprint density at radius 2 is 2.12 bits per heavy atom. The van der Waals surface area contributed by atoms with Crippen molar-refractivity contribution < 1.29 is 4.74 Å². The maximum Gasteiger partial charge on any atom is 0.0704 e. The topological polar surface area (TPSA) is 21.3 Å². The van der Waals surface area contributed by atoms with E-state index < -0.39 is 0 Å². The highest BCUT2D eigenvalue weighted by atomic mass is 35.5. The Balaban J connectivity index is 2.09. The average molecular weight is 248 g/mol. The van der Waals surface area contributed by atoms with Crippen LogP contribution >= 0.6 is 11.6 Å². The number of alkyl halides is 1. The minimum absolute atomic E-state index is 0.346. The smallest absolute Gasteiger partial charge is 0.0704 e. The van der Waals surface area contributed by atoms with Crippen LogP contribution in [0.5, 0.6) is 0 Å². The molecule has 0 aromatic rings. The lowest BCUT2D eigenvalue weighted by Gasteiger charge is -2.25. The summed E-state index contributed by atoms with van der Waals surface area (Å²) in [4.78, 5) is 0. The molecule has 0 radical (unpaired) electrons. The maximum atomic E-state index is 5.77. The second-order valence-electron chi connectivity index (χ2n) is 5.73. The summed E-state index contributed by atoms with van der Waals surface area (Å²) in [6.45, 7) is 8.80. The molecule has 0 aromatic carbocycles. The molecule has 1 aliphatic rings. The number of nitrogens with one attached hydrogen (secondary N) is 1. The third-order valence-corrected chi connectivity index (χ3v) is 3.55. The van der Waals surface area contributed by atoms with Crippen molar-refractivity contribution in [2.45, 2.75) is 58.7 Å². The molecule has 2 nitrogen and oxygen atoms in total. The predicted octanol–water partition coefficient (Wildman–Crippen LogP) is 3.19. The van der Waals surface area contributed by atoms with Gasteiger partial charge in [0.1, 0.15) is 0 Å². The molecule has 2 unspecified atom stereocenters. The van der Waals surface area contributed by atoms with Gasteiger partial charge in [0.05, 0.1) is 12.2 Å². The summed E-state index contributed by atoms with van der Waals surface area (Å²) in [7, 11) is 0. The van der Waals surface area contributed by atoms with Crippen LogP contribution in [0.15, 0.2) is 0 Å². The molecular weight excluding hydrogens is 222 g/mol. The molecule has 1 saturated heterocycles. The molecule has 1 rings (SSSR count). The fraction of sp³-hybridized carbons (Fsp3) is 1.00. The van der Waals surface area contributed by atoms with Gasteiger partial charge >= 0.3 is 0 Å². The fourth-order valence-electron chi connectivity index (χ4n) is 2.24. The first-order valence-electron chi connectivity index (χ1n) is 6.45. The van der Waals surface area contributed by atoms with Crippen LogP contribution in [-0.4, -0.2) is 31.2 Å². The number of halogens is 1. The summed E-state index contributed by atoms with van der Waals surface area (Å²) in [6, 6.07) is 0. The molecule has 0 amide bonds. The molecule has 96 valence electrons. The van der Waals surface area contributed by atoms with Crippen molar-refractivity contribution in [1.82, 2.24) is 5.32 Å². The van der Waals surface area contributed by atoms with E-state index in [0.29, 0.717) is 17.6 Å². The molecule has 0 bridgehead atoms. The van der Waals surface area contributed by atoms with E-state index in [4.69, 9.17) is 16.3 Å². The lowest BCUT2D eigenvalue weighted by Crippen LogP contribution is -2.34. The second kappa shape index (κ2) is 6.83. The van der Waals surface area contributed by atoms with E-state index in [1.54, 1.807) is 0 Å². The zero-order valence-electron chi connectivity index (χ0n) is 10.9. The first-order valence-corrected chi connectivity index (χ1v) is 6.99. The highest BCUT2D eigenvalue weighted by molar-refractivity contribution is 6.17. The summed E-state index contributed by atoms with van der Waals surface area (Å²) < 4.78 is 5.77. The van der Waals surface area contributed by atoms with Crippen molar-refractivity contribution in [3.63, 3.8) is 0 Å². The van der Waals surface area contributed by atoms with Gasteiger partial charge in [-0.15, -0.1) is 11.6 Å². The molecule has 0 aromatic heterocycles. The first kappa shape index (κ1) is 14.3. The SMILES string of the molecule is CC1CCC(CNCC(C)(C)CCCCl)O1. The Labute approximate surface area is 105 Å². The summed E-state index contributed by atoms with van der Waals surface area (Å²) in [5.74, 6) is 0.771. The molecule has 1 heterocycles. The Kier molecular flexibility index (Phi) is 6.09. The normalized spacial score (nSPS) is 26.2. The van der Waals surface area contributed by atoms with Crippen molar-refractivity contribution in [2.24, 2.45) is 5.41 Å². The van der Waals surface area contributed by atoms with Crippen molar-refractivity contribution >= 4 is 11.6 Å². The van der Waals surface area contributed by atoms with E-state index >= 15 is 0 Å². The van der Waals surface area contributed by atoms with E-state index in [1.807, 2.05) is 0 Å². The monoisotopic (exact) mass is 247 g/mol. The summed E-state index contributed by atoms with van der Waals surface area (Å²) in [5, 5.41) is 3.53. The number of hydrogen-bond acceptors (Lipinski definition) is 2. The van der Waals surface area contributed by atoms with Crippen LogP contribution in [0.1, 0.15) is 46.5 Å². The van der Waals surface area contributed by atoms with Gasteiger partial charge < -0.3 is 10.1 Å². The molecule has 1 aliphatic heterocycles. The first-order chi connectivity index (χ1) is 7.53. The number of rotatable bonds is 7. The Morgan fingerprint density at radius 3 is 2.69 bits per heavy atom. The standard InChI is InChI=1S/C13H26ClNO/c1-11-5-6-12(16-11)9-15-10-13(2,3)7-4-8-14/h11-12,15H,4-10H2,1-3H3. The molecule has 16 heavy (non-hydrogen) atoms. The molecule has 0 saturated carbocycles. The van der Waals surface area contributed by atoms with E-state index in [0.717, 1.165) is 25.4 Å². The van der Waals surface area contributed by atoms with Gasteiger partial charge in [-0.1, -0.05) is 13.8 Å². The van der Waals surface area contributed by atoms with Crippen LogP contribution in [0.2, 0.25) is 0 Å². The van der Waals surface area contributed by atoms with Crippen LogP contribution in [-0.2, 0) is 4.74 Å². The highest BCUT2D eigenvalue weighted by Crippen LogP contribution is 2.22. The average Bonchev–Trinajstić information content (AvgIpc) is 2.61. The van der Waals surface area contributed by atoms with Gasteiger partial charge in [0.2, 0.25) is 0 Å². The van der Waals surface area contributed by atoms with Gasteiger partial charge in [-0.25, -0.2) is 0 Å². The molecule has 0 aliphatic carbocycles. The third kappa shape index (κ3) is 5.51. The largest absolute Gasteiger partial charge is 0.374 e. The number of hydrogen-bond donors (Lipinski definition) is 1. The van der Waals surface area contributed by atoms with Gasteiger partial charge in [0.25, 0.3) is 0 Å². The van der Waals surface area contributed by atoms with E-state index in [-0.39, 0.29) is 0 Å². The lowest BCUT2D eigenvalue weighted by molar-refractivity contribution is 0.0545. The zero-order valence-corrected chi connectivity index (χ0v) is 11.6. The summed E-state index contributed by atoms with van der Waals surface area (Å²) in [6.07, 6.45) is 5.59. The van der Waals surface area contributed by atoms with Gasteiger partial charge in [-0.05, 0) is 38.0 Å².